The van der Waals surface area contributed by atoms with E-state index in [1.807, 2.05) is 31.4 Å². The number of carbonyl (C=O) groups excluding carboxylic acids is 1. The molecule has 1 fully saturated rings. The second-order valence-electron chi connectivity index (χ2n) is 6.57. The number of benzene rings is 1. The molecule has 1 amide bonds. The number of likely N-dealkylation sites (N-methyl/N-ethyl adjacent to an activating group) is 1. The summed E-state index contributed by atoms with van der Waals surface area (Å²) in [6.45, 7) is 0.633. The highest BCUT2D eigenvalue weighted by atomic mass is 35.5. The lowest BCUT2D eigenvalue weighted by molar-refractivity contribution is -0.130. The van der Waals surface area contributed by atoms with E-state index in [4.69, 9.17) is 11.6 Å². The molecule has 0 bridgehead atoms. The van der Waals surface area contributed by atoms with E-state index in [1.54, 1.807) is 4.90 Å². The van der Waals surface area contributed by atoms with Crippen molar-refractivity contribution in [3.8, 4) is 0 Å². The number of nitrogens with zero attached hydrogens (tertiary/aromatic N) is 1. The Kier molecular flexibility index (Phi) is 4.93. The maximum atomic E-state index is 12.5. The number of nitrogens with one attached hydrogen (secondary N) is 1. The van der Waals surface area contributed by atoms with Gasteiger partial charge in [0.1, 0.15) is 0 Å². The summed E-state index contributed by atoms with van der Waals surface area (Å²) in [4.78, 5) is 17.4. The molecule has 0 radical (unpaired) electrons. The third kappa shape index (κ3) is 3.70. The van der Waals surface area contributed by atoms with Gasteiger partial charge in [-0.2, -0.15) is 0 Å². The van der Waals surface area contributed by atoms with E-state index in [9.17, 15) is 9.90 Å². The van der Waals surface area contributed by atoms with E-state index in [1.165, 1.54) is 0 Å². The van der Waals surface area contributed by atoms with Gasteiger partial charge in [0.15, 0.2) is 0 Å². The standard InChI is InChI=1S/C18H23ClN2O2/c1-21(11-12-4-2-3-5-17(12)22)18(23)8-13-10-20-16-9-14(19)6-7-15(13)16/h6-7,9-10,12,17,20,22H,2-5,8,11H2,1H3. The predicted molar refractivity (Wildman–Crippen MR) is 92.6 cm³/mol. The summed E-state index contributed by atoms with van der Waals surface area (Å²) in [5, 5.41) is 11.8. The first-order valence-electron chi connectivity index (χ1n) is 8.22. The van der Waals surface area contributed by atoms with Crippen molar-refractivity contribution in [3.63, 3.8) is 0 Å². The van der Waals surface area contributed by atoms with Crippen LogP contribution in [-0.4, -0.2) is 40.6 Å². The van der Waals surface area contributed by atoms with Crippen molar-refractivity contribution in [2.75, 3.05) is 13.6 Å². The zero-order valence-electron chi connectivity index (χ0n) is 13.4. The molecule has 2 N–H and O–H groups in total. The van der Waals surface area contributed by atoms with Crippen molar-refractivity contribution in [1.29, 1.82) is 0 Å². The Morgan fingerprint density at radius 2 is 2.17 bits per heavy atom. The summed E-state index contributed by atoms with van der Waals surface area (Å²) in [6.07, 6.45) is 6.07. The van der Waals surface area contributed by atoms with Crippen LogP contribution in [0.3, 0.4) is 0 Å². The summed E-state index contributed by atoms with van der Waals surface area (Å²) < 4.78 is 0. The number of amides is 1. The van der Waals surface area contributed by atoms with Gasteiger partial charge in [-0.1, -0.05) is 30.5 Å². The van der Waals surface area contributed by atoms with Gasteiger partial charge >= 0.3 is 0 Å². The molecule has 124 valence electrons. The Hall–Kier alpha value is -1.52. The molecule has 5 heteroatoms. The molecule has 1 saturated carbocycles. The lowest BCUT2D eigenvalue weighted by Crippen LogP contribution is -2.38. The number of hydrogen-bond donors (Lipinski definition) is 2. The fourth-order valence-corrected chi connectivity index (χ4v) is 3.63. The van der Waals surface area contributed by atoms with Crippen molar-refractivity contribution < 1.29 is 9.90 Å². The van der Waals surface area contributed by atoms with Gasteiger partial charge in [0.2, 0.25) is 5.91 Å². The zero-order chi connectivity index (χ0) is 16.4. The number of carbonyl (C=O) groups is 1. The Morgan fingerprint density at radius 1 is 1.39 bits per heavy atom. The van der Waals surface area contributed by atoms with Crippen molar-refractivity contribution in [2.24, 2.45) is 5.92 Å². The quantitative estimate of drug-likeness (QED) is 0.900. The Labute approximate surface area is 141 Å². The van der Waals surface area contributed by atoms with Gasteiger partial charge in [0.25, 0.3) is 0 Å². The SMILES string of the molecule is CN(CC1CCCCC1O)C(=O)Cc1c[nH]c2cc(Cl)ccc12. The maximum Gasteiger partial charge on any atom is 0.226 e. The number of aliphatic hydroxyl groups is 1. The second-order valence-corrected chi connectivity index (χ2v) is 7.00. The number of hydrogen-bond acceptors (Lipinski definition) is 2. The van der Waals surface area contributed by atoms with Crippen LogP contribution < -0.4 is 0 Å². The molecule has 2 unspecified atom stereocenters. The van der Waals surface area contributed by atoms with Crippen molar-refractivity contribution >= 4 is 28.4 Å². The minimum atomic E-state index is -0.269. The number of aromatic amines is 1. The Morgan fingerprint density at radius 3 is 2.96 bits per heavy atom. The first kappa shape index (κ1) is 16.3. The van der Waals surface area contributed by atoms with Crippen molar-refractivity contribution in [3.05, 3.63) is 35.0 Å². The minimum Gasteiger partial charge on any atom is -0.393 e. The van der Waals surface area contributed by atoms with Gasteiger partial charge in [0, 0.05) is 41.6 Å². The van der Waals surface area contributed by atoms with Crippen LogP contribution in [0.25, 0.3) is 10.9 Å². The fraction of sp³-hybridized carbons (Fsp3) is 0.500. The lowest BCUT2D eigenvalue weighted by Gasteiger charge is -2.31. The summed E-state index contributed by atoms with van der Waals surface area (Å²) in [5.41, 5.74) is 1.93. The third-order valence-electron chi connectivity index (χ3n) is 4.87. The molecular weight excluding hydrogens is 312 g/mol. The van der Waals surface area contributed by atoms with E-state index in [0.29, 0.717) is 18.0 Å². The topological polar surface area (TPSA) is 56.3 Å². The minimum absolute atomic E-state index is 0.0821. The Balaban J connectivity index is 1.65. The van der Waals surface area contributed by atoms with E-state index in [0.717, 1.165) is 42.1 Å². The van der Waals surface area contributed by atoms with Crippen LogP contribution in [0.4, 0.5) is 0 Å². The van der Waals surface area contributed by atoms with Crippen LogP contribution >= 0.6 is 11.6 Å². The van der Waals surface area contributed by atoms with Crippen molar-refractivity contribution in [1.82, 2.24) is 9.88 Å². The van der Waals surface area contributed by atoms with E-state index >= 15 is 0 Å². The molecule has 23 heavy (non-hydrogen) atoms. The normalized spacial score (nSPS) is 21.5. The van der Waals surface area contributed by atoms with Crippen molar-refractivity contribution in [2.45, 2.75) is 38.2 Å². The molecule has 1 aromatic heterocycles. The van der Waals surface area contributed by atoms with Gasteiger partial charge in [0.05, 0.1) is 12.5 Å². The summed E-state index contributed by atoms with van der Waals surface area (Å²) in [5.74, 6) is 0.290. The van der Waals surface area contributed by atoms with E-state index in [-0.39, 0.29) is 17.9 Å². The number of aromatic nitrogens is 1. The fourth-order valence-electron chi connectivity index (χ4n) is 3.46. The van der Waals surface area contributed by atoms with Gasteiger partial charge < -0.3 is 15.0 Å². The highest BCUT2D eigenvalue weighted by molar-refractivity contribution is 6.31. The van der Waals surface area contributed by atoms with Crippen LogP contribution in [0.15, 0.2) is 24.4 Å². The lowest BCUT2D eigenvalue weighted by atomic mass is 9.86. The molecule has 1 heterocycles. The molecule has 0 saturated heterocycles. The summed E-state index contributed by atoms with van der Waals surface area (Å²) in [7, 11) is 1.83. The first-order chi connectivity index (χ1) is 11.0. The van der Waals surface area contributed by atoms with Crippen LogP contribution in [0.2, 0.25) is 5.02 Å². The molecule has 4 nitrogen and oxygen atoms in total. The molecule has 2 atom stereocenters. The summed E-state index contributed by atoms with van der Waals surface area (Å²) >= 11 is 5.99. The Bertz CT molecular complexity index is 697. The van der Waals surface area contributed by atoms with Gasteiger partial charge in [-0.25, -0.2) is 0 Å². The second kappa shape index (κ2) is 6.93. The van der Waals surface area contributed by atoms with Gasteiger partial charge in [-0.05, 0) is 30.5 Å². The highest BCUT2D eigenvalue weighted by Gasteiger charge is 2.25. The van der Waals surface area contributed by atoms with Gasteiger partial charge in [-0.15, -0.1) is 0 Å². The molecule has 1 aliphatic rings. The average Bonchev–Trinajstić information content (AvgIpc) is 2.91. The van der Waals surface area contributed by atoms with Crippen LogP contribution in [0.1, 0.15) is 31.2 Å². The third-order valence-corrected chi connectivity index (χ3v) is 5.11. The van der Waals surface area contributed by atoms with E-state index < -0.39 is 0 Å². The van der Waals surface area contributed by atoms with Gasteiger partial charge in [-0.3, -0.25) is 4.79 Å². The first-order valence-corrected chi connectivity index (χ1v) is 8.60. The average molecular weight is 335 g/mol. The molecule has 2 aromatic rings. The molecule has 1 aromatic carbocycles. The zero-order valence-corrected chi connectivity index (χ0v) is 14.1. The van der Waals surface area contributed by atoms with Crippen LogP contribution in [-0.2, 0) is 11.2 Å². The van der Waals surface area contributed by atoms with E-state index in [2.05, 4.69) is 4.98 Å². The number of aliphatic hydroxyl groups excluding tert-OH is 1. The van der Waals surface area contributed by atoms with Crippen LogP contribution in [0.5, 0.6) is 0 Å². The number of fused-ring (bicyclic) bond motifs is 1. The highest BCUT2D eigenvalue weighted by Crippen LogP contribution is 2.26. The predicted octanol–water partition coefficient (Wildman–Crippen LogP) is 3.37. The smallest absolute Gasteiger partial charge is 0.226 e. The largest absolute Gasteiger partial charge is 0.393 e. The number of halogens is 1. The summed E-state index contributed by atoms with van der Waals surface area (Å²) in [6, 6.07) is 5.66. The molecule has 1 aliphatic carbocycles. The molecule has 3 rings (SSSR count). The van der Waals surface area contributed by atoms with Crippen LogP contribution in [0, 0.1) is 5.92 Å². The number of H-pyrrole nitrogens is 1. The maximum absolute atomic E-state index is 12.5. The number of rotatable bonds is 4. The molecule has 0 spiro atoms. The molecular formula is C18H23ClN2O2. The molecule has 0 aliphatic heterocycles. The monoisotopic (exact) mass is 334 g/mol.